The second-order valence-electron chi connectivity index (χ2n) is 9.09. The minimum Gasteiger partial charge on any atom is -0.345 e. The van der Waals surface area contributed by atoms with Crippen molar-refractivity contribution in [2.75, 3.05) is 26.7 Å². The van der Waals surface area contributed by atoms with Gasteiger partial charge in [-0.2, -0.15) is 0 Å². The molecule has 2 aliphatic rings. The number of nitrogens with one attached hydrogen (secondary N) is 1. The first-order valence-corrected chi connectivity index (χ1v) is 11.6. The summed E-state index contributed by atoms with van der Waals surface area (Å²) in [6.45, 7) is 4.81. The van der Waals surface area contributed by atoms with E-state index in [0.717, 1.165) is 38.9 Å². The van der Waals surface area contributed by atoms with Crippen molar-refractivity contribution in [1.82, 2.24) is 10.2 Å². The van der Waals surface area contributed by atoms with Crippen LogP contribution in [0.1, 0.15) is 30.9 Å². The van der Waals surface area contributed by atoms with Gasteiger partial charge in [-0.25, -0.2) is 0 Å². The Morgan fingerprint density at radius 1 is 1.06 bits per heavy atom. The lowest BCUT2D eigenvalue weighted by molar-refractivity contribution is -0.136. The highest BCUT2D eigenvalue weighted by Crippen LogP contribution is 2.38. The van der Waals surface area contributed by atoms with Crippen LogP contribution in [0, 0.1) is 17.8 Å². The molecule has 1 heterocycles. The van der Waals surface area contributed by atoms with E-state index in [9.17, 15) is 4.79 Å². The lowest BCUT2D eigenvalue weighted by atomic mass is 9.74. The van der Waals surface area contributed by atoms with Gasteiger partial charge in [-0.05, 0) is 54.3 Å². The largest absolute Gasteiger partial charge is 0.345 e. The number of carbonyl (C=O) groups is 1. The van der Waals surface area contributed by atoms with E-state index in [1.54, 1.807) is 0 Å². The zero-order valence-corrected chi connectivity index (χ0v) is 18.8. The first kappa shape index (κ1) is 21.6. The molecule has 0 bridgehead atoms. The molecule has 1 amide bonds. The van der Waals surface area contributed by atoms with Crippen LogP contribution in [0.25, 0.3) is 5.57 Å². The monoisotopic (exact) mass is 414 g/mol. The molecule has 162 valence electrons. The van der Waals surface area contributed by atoms with Gasteiger partial charge in [-0.15, -0.1) is 0 Å². The number of amides is 1. The summed E-state index contributed by atoms with van der Waals surface area (Å²) in [7, 11) is 1.96. The molecule has 2 aromatic carbocycles. The Kier molecular flexibility index (Phi) is 7.03. The maximum atomic E-state index is 13.4. The molecule has 1 aliphatic carbocycles. The molecule has 1 saturated heterocycles. The van der Waals surface area contributed by atoms with Gasteiger partial charge in [0.1, 0.15) is 0 Å². The summed E-state index contributed by atoms with van der Waals surface area (Å²) in [4.78, 5) is 15.4. The van der Waals surface area contributed by atoms with Gasteiger partial charge in [0, 0.05) is 20.1 Å². The minimum atomic E-state index is 0.0168. The number of likely N-dealkylation sites (N-methyl/N-ethyl adjacent to an activating group) is 1. The highest BCUT2D eigenvalue weighted by molar-refractivity contribution is 5.81. The fourth-order valence-electron chi connectivity index (χ4n) is 5.01. The number of carbonyl (C=O) groups excluding carboxylic acids is 1. The third kappa shape index (κ3) is 5.34. The first-order chi connectivity index (χ1) is 15.1. The molecule has 0 radical (unpaired) electrons. The Balaban J connectivity index is 1.49. The molecular formula is C28H34N2O. The average Bonchev–Trinajstić information content (AvgIpc) is 2.83. The number of piperidine rings is 1. The van der Waals surface area contributed by atoms with Crippen LogP contribution in [0.5, 0.6) is 0 Å². The van der Waals surface area contributed by atoms with E-state index in [-0.39, 0.29) is 11.8 Å². The molecule has 4 rings (SSSR count). The third-order valence-electron chi connectivity index (χ3n) is 6.70. The fourth-order valence-corrected chi connectivity index (χ4v) is 5.01. The Labute approximate surface area is 186 Å². The number of rotatable bonds is 6. The molecule has 0 spiro atoms. The van der Waals surface area contributed by atoms with Crippen LogP contribution in [0.2, 0.25) is 0 Å². The molecule has 3 heteroatoms. The van der Waals surface area contributed by atoms with Crippen LogP contribution >= 0.6 is 0 Å². The lowest BCUT2D eigenvalue weighted by Gasteiger charge is -2.37. The summed E-state index contributed by atoms with van der Waals surface area (Å²) in [5.41, 5.74) is 5.30. The van der Waals surface area contributed by atoms with Crippen LogP contribution in [0.4, 0.5) is 0 Å². The number of nitrogens with zero attached hydrogens (tertiary/aromatic N) is 1. The van der Waals surface area contributed by atoms with Crippen molar-refractivity contribution in [1.29, 1.82) is 0 Å². The van der Waals surface area contributed by atoms with Gasteiger partial charge in [0.05, 0.1) is 5.92 Å². The predicted molar refractivity (Wildman–Crippen MR) is 129 cm³/mol. The quantitative estimate of drug-likeness (QED) is 0.724. The minimum absolute atomic E-state index is 0.0168. The Bertz CT molecular complexity index is 932. The summed E-state index contributed by atoms with van der Waals surface area (Å²) in [5.74, 6) is 1.11. The molecule has 2 aromatic rings. The van der Waals surface area contributed by atoms with Gasteiger partial charge in [0.25, 0.3) is 0 Å². The molecule has 3 atom stereocenters. The number of hydrogen-bond acceptors (Lipinski definition) is 2. The standard InChI is InChI=1S/C28H34N2O/c1-21-17-24(23-11-7-4-8-12-23)19-25(18-21)26-13-15-29-20-27(26)28(31)30(2)16-14-22-9-5-3-6-10-22/h3-12,17,19,21,26-27,29H,13-16,18,20H2,1-2H3/t21?,26-,27+/m1/s1. The topological polar surface area (TPSA) is 32.3 Å². The lowest BCUT2D eigenvalue weighted by Crippen LogP contribution is -2.47. The van der Waals surface area contributed by atoms with Gasteiger partial charge in [0.15, 0.2) is 0 Å². The molecule has 1 N–H and O–H groups in total. The van der Waals surface area contributed by atoms with Crippen LogP contribution in [0.3, 0.4) is 0 Å². The van der Waals surface area contributed by atoms with Crippen molar-refractivity contribution in [3.8, 4) is 0 Å². The van der Waals surface area contributed by atoms with E-state index in [0.29, 0.717) is 11.8 Å². The first-order valence-electron chi connectivity index (χ1n) is 11.6. The SMILES string of the molecule is CC1C=C(c2ccccc2)C=C([C@H]2CCNC[C@@H]2C(=O)N(C)CCc2ccccc2)C1. The van der Waals surface area contributed by atoms with Crippen molar-refractivity contribution < 1.29 is 4.79 Å². The van der Waals surface area contributed by atoms with E-state index >= 15 is 0 Å². The highest BCUT2D eigenvalue weighted by Gasteiger charge is 2.35. The van der Waals surface area contributed by atoms with Crippen molar-refractivity contribution >= 4 is 11.5 Å². The smallest absolute Gasteiger partial charge is 0.227 e. The van der Waals surface area contributed by atoms with Gasteiger partial charge in [0.2, 0.25) is 5.91 Å². The van der Waals surface area contributed by atoms with E-state index in [1.165, 1.54) is 22.3 Å². The van der Waals surface area contributed by atoms with E-state index in [1.807, 2.05) is 18.0 Å². The van der Waals surface area contributed by atoms with Crippen LogP contribution < -0.4 is 5.32 Å². The predicted octanol–water partition coefficient (Wildman–Crippen LogP) is 4.96. The molecule has 31 heavy (non-hydrogen) atoms. The fraction of sp³-hybridized carbons (Fsp3) is 0.393. The average molecular weight is 415 g/mol. The molecule has 0 saturated carbocycles. The summed E-state index contributed by atoms with van der Waals surface area (Å²) < 4.78 is 0. The van der Waals surface area contributed by atoms with Crippen LogP contribution in [-0.2, 0) is 11.2 Å². The molecular weight excluding hydrogens is 380 g/mol. The number of allylic oxidation sites excluding steroid dienone is 4. The normalized spacial score (nSPS) is 23.6. The Hall–Kier alpha value is -2.65. The molecule has 1 aliphatic heterocycles. The van der Waals surface area contributed by atoms with Crippen molar-refractivity contribution in [2.45, 2.75) is 26.2 Å². The molecule has 1 unspecified atom stereocenters. The second kappa shape index (κ2) is 10.1. The van der Waals surface area contributed by atoms with Gasteiger partial charge in [-0.1, -0.05) is 85.3 Å². The van der Waals surface area contributed by atoms with E-state index in [2.05, 4.69) is 79.0 Å². The summed E-state index contributed by atoms with van der Waals surface area (Å²) >= 11 is 0. The summed E-state index contributed by atoms with van der Waals surface area (Å²) in [6.07, 6.45) is 7.73. The highest BCUT2D eigenvalue weighted by atomic mass is 16.2. The summed E-state index contributed by atoms with van der Waals surface area (Å²) in [5, 5.41) is 3.48. The maximum Gasteiger partial charge on any atom is 0.227 e. The van der Waals surface area contributed by atoms with Gasteiger partial charge < -0.3 is 10.2 Å². The van der Waals surface area contributed by atoms with Gasteiger partial charge in [-0.3, -0.25) is 4.79 Å². The van der Waals surface area contributed by atoms with Crippen molar-refractivity contribution in [3.05, 3.63) is 89.5 Å². The van der Waals surface area contributed by atoms with Crippen molar-refractivity contribution in [2.24, 2.45) is 17.8 Å². The maximum absolute atomic E-state index is 13.4. The summed E-state index contributed by atoms with van der Waals surface area (Å²) in [6, 6.07) is 21.1. The zero-order valence-electron chi connectivity index (χ0n) is 18.8. The second-order valence-corrected chi connectivity index (χ2v) is 9.09. The molecule has 0 aromatic heterocycles. The zero-order chi connectivity index (χ0) is 21.6. The van der Waals surface area contributed by atoms with Crippen LogP contribution in [0.15, 0.2) is 78.4 Å². The number of hydrogen-bond donors (Lipinski definition) is 1. The molecule has 3 nitrogen and oxygen atoms in total. The van der Waals surface area contributed by atoms with Crippen molar-refractivity contribution in [3.63, 3.8) is 0 Å². The molecule has 1 fully saturated rings. The number of benzene rings is 2. The van der Waals surface area contributed by atoms with E-state index in [4.69, 9.17) is 0 Å². The third-order valence-corrected chi connectivity index (χ3v) is 6.70. The Morgan fingerprint density at radius 3 is 2.52 bits per heavy atom. The van der Waals surface area contributed by atoms with Gasteiger partial charge >= 0.3 is 0 Å². The Morgan fingerprint density at radius 2 is 1.77 bits per heavy atom. The van der Waals surface area contributed by atoms with Crippen LogP contribution in [-0.4, -0.2) is 37.5 Å². The van der Waals surface area contributed by atoms with E-state index < -0.39 is 0 Å².